The highest BCUT2D eigenvalue weighted by molar-refractivity contribution is 6.05. The Balaban J connectivity index is 1.98. The van der Waals surface area contributed by atoms with Gasteiger partial charge in [0.1, 0.15) is 11.8 Å². The number of hydrogen-bond donors (Lipinski definition) is 1. The number of nitrogens with two attached hydrogens (primary N) is 1. The molecule has 2 aromatic rings. The van der Waals surface area contributed by atoms with E-state index in [0.717, 1.165) is 22.6 Å². The molecule has 3 rings (SSSR count). The van der Waals surface area contributed by atoms with Crippen LogP contribution in [0.15, 0.2) is 42.5 Å². The second-order valence-electron chi connectivity index (χ2n) is 5.72. The van der Waals surface area contributed by atoms with Crippen molar-refractivity contribution in [2.75, 3.05) is 12.0 Å². The Labute approximate surface area is 130 Å². The van der Waals surface area contributed by atoms with E-state index in [1.165, 1.54) is 5.56 Å². The van der Waals surface area contributed by atoms with Crippen molar-refractivity contribution < 1.29 is 9.53 Å². The maximum absolute atomic E-state index is 12.3. The Hall–Kier alpha value is -2.33. The molecular weight excluding hydrogens is 276 g/mol. The first-order valence-corrected chi connectivity index (χ1v) is 7.33. The van der Waals surface area contributed by atoms with Gasteiger partial charge in [0.2, 0.25) is 5.91 Å². The number of hydrogen-bond acceptors (Lipinski definition) is 3. The summed E-state index contributed by atoms with van der Waals surface area (Å²) in [5.74, 6) is 0.722. The molecule has 0 bridgehead atoms. The van der Waals surface area contributed by atoms with Crippen LogP contribution in [0.5, 0.6) is 5.75 Å². The normalized spacial score (nSPS) is 20.7. The van der Waals surface area contributed by atoms with E-state index in [-0.39, 0.29) is 11.9 Å². The maximum atomic E-state index is 12.3. The van der Waals surface area contributed by atoms with Crippen LogP contribution in [-0.2, 0) is 4.79 Å². The second kappa shape index (κ2) is 5.46. The summed E-state index contributed by atoms with van der Waals surface area (Å²) in [6, 6.07) is 13.1. The summed E-state index contributed by atoms with van der Waals surface area (Å²) in [5, 5.41) is 0. The molecule has 0 radical (unpaired) electrons. The van der Waals surface area contributed by atoms with Gasteiger partial charge in [-0.3, -0.25) is 4.79 Å². The molecule has 0 aromatic heterocycles. The number of aryl methyl sites for hydroxylation is 2. The molecule has 0 spiro atoms. The van der Waals surface area contributed by atoms with Gasteiger partial charge in [-0.2, -0.15) is 0 Å². The van der Waals surface area contributed by atoms with Gasteiger partial charge in [-0.25, -0.2) is 0 Å². The number of nitrogens with zero attached hydrogens (tertiary/aromatic N) is 1. The van der Waals surface area contributed by atoms with Gasteiger partial charge in [0.15, 0.2) is 0 Å². The van der Waals surface area contributed by atoms with Crippen LogP contribution in [0.2, 0.25) is 0 Å². The maximum Gasteiger partial charge on any atom is 0.247 e. The minimum absolute atomic E-state index is 0.0453. The van der Waals surface area contributed by atoms with Crippen LogP contribution in [0, 0.1) is 13.8 Å². The number of ether oxygens (including phenoxy) is 1. The zero-order valence-corrected chi connectivity index (χ0v) is 13.0. The fraction of sp³-hybridized carbons (Fsp3) is 0.278. The molecule has 1 heterocycles. The molecule has 0 unspecified atom stereocenters. The highest BCUT2D eigenvalue weighted by atomic mass is 16.5. The van der Waals surface area contributed by atoms with Crippen LogP contribution in [0.3, 0.4) is 0 Å². The van der Waals surface area contributed by atoms with Crippen molar-refractivity contribution >= 4 is 11.6 Å². The minimum Gasteiger partial charge on any atom is -0.497 e. The molecule has 4 nitrogen and oxygen atoms in total. The smallest absolute Gasteiger partial charge is 0.247 e. The van der Waals surface area contributed by atoms with Gasteiger partial charge in [-0.1, -0.05) is 18.2 Å². The van der Waals surface area contributed by atoms with Crippen LogP contribution in [0.4, 0.5) is 5.69 Å². The lowest BCUT2D eigenvalue weighted by Gasteiger charge is -2.45. The Morgan fingerprint density at radius 3 is 2.55 bits per heavy atom. The number of carbonyl (C=O) groups excluding carboxylic acids is 1. The summed E-state index contributed by atoms with van der Waals surface area (Å²) in [5.41, 5.74) is 10.3. The topological polar surface area (TPSA) is 55.6 Å². The van der Waals surface area contributed by atoms with E-state index >= 15 is 0 Å². The highest BCUT2D eigenvalue weighted by Crippen LogP contribution is 2.39. The number of β-lactam (4-membered cyclic amide) rings is 1. The molecule has 2 aromatic carbocycles. The van der Waals surface area contributed by atoms with Crippen molar-refractivity contribution in [3.8, 4) is 5.75 Å². The Morgan fingerprint density at radius 1 is 1.09 bits per heavy atom. The van der Waals surface area contributed by atoms with Crippen molar-refractivity contribution in [2.24, 2.45) is 5.73 Å². The van der Waals surface area contributed by atoms with Crippen molar-refractivity contribution in [1.29, 1.82) is 0 Å². The van der Waals surface area contributed by atoms with Crippen LogP contribution in [0.1, 0.15) is 22.7 Å². The summed E-state index contributed by atoms with van der Waals surface area (Å²) in [4.78, 5) is 14.0. The lowest BCUT2D eigenvalue weighted by atomic mass is 9.88. The van der Waals surface area contributed by atoms with Crippen LogP contribution < -0.4 is 15.4 Å². The Morgan fingerprint density at radius 2 is 1.86 bits per heavy atom. The first kappa shape index (κ1) is 14.6. The summed E-state index contributed by atoms with van der Waals surface area (Å²) in [6.45, 7) is 4.10. The molecule has 1 amide bonds. The molecular formula is C18H20N2O2. The molecule has 2 N–H and O–H groups in total. The lowest BCUT2D eigenvalue weighted by molar-refractivity contribution is -0.126. The second-order valence-corrected chi connectivity index (χ2v) is 5.72. The summed E-state index contributed by atoms with van der Waals surface area (Å²) in [6.07, 6.45) is 0. The van der Waals surface area contributed by atoms with Crippen molar-refractivity contribution in [3.63, 3.8) is 0 Å². The molecule has 22 heavy (non-hydrogen) atoms. The average molecular weight is 296 g/mol. The number of methoxy groups -OCH3 is 1. The zero-order valence-electron chi connectivity index (χ0n) is 13.0. The highest BCUT2D eigenvalue weighted by Gasteiger charge is 2.46. The van der Waals surface area contributed by atoms with Crippen molar-refractivity contribution in [3.05, 3.63) is 59.2 Å². The van der Waals surface area contributed by atoms with E-state index in [1.54, 1.807) is 12.0 Å². The van der Waals surface area contributed by atoms with E-state index in [0.29, 0.717) is 0 Å². The van der Waals surface area contributed by atoms with Crippen molar-refractivity contribution in [1.82, 2.24) is 0 Å². The van der Waals surface area contributed by atoms with Crippen LogP contribution in [0.25, 0.3) is 0 Å². The quantitative estimate of drug-likeness (QED) is 0.886. The SMILES string of the molecule is COc1cccc([C@H]2[C@@H](N)C(=O)N2c2ccc(C)c(C)c2)c1. The molecule has 1 fully saturated rings. The van der Waals surface area contributed by atoms with E-state index in [1.807, 2.05) is 49.4 Å². The van der Waals surface area contributed by atoms with Gasteiger partial charge < -0.3 is 15.4 Å². The predicted molar refractivity (Wildman–Crippen MR) is 87.1 cm³/mol. The van der Waals surface area contributed by atoms with Gasteiger partial charge in [-0.15, -0.1) is 0 Å². The minimum atomic E-state index is -0.506. The lowest BCUT2D eigenvalue weighted by Crippen LogP contribution is -2.63. The third kappa shape index (κ3) is 2.25. The number of anilines is 1. The molecule has 4 heteroatoms. The number of benzene rings is 2. The molecule has 0 aliphatic carbocycles. The summed E-state index contributed by atoms with van der Waals surface area (Å²) < 4.78 is 5.27. The molecule has 1 aliphatic heterocycles. The van der Waals surface area contributed by atoms with E-state index in [9.17, 15) is 4.79 Å². The van der Waals surface area contributed by atoms with Gasteiger partial charge in [0.25, 0.3) is 0 Å². The molecule has 1 saturated heterocycles. The molecule has 2 atom stereocenters. The molecule has 0 saturated carbocycles. The Bertz CT molecular complexity index is 727. The largest absolute Gasteiger partial charge is 0.497 e. The summed E-state index contributed by atoms with van der Waals surface area (Å²) >= 11 is 0. The van der Waals surface area contributed by atoms with E-state index in [4.69, 9.17) is 10.5 Å². The summed E-state index contributed by atoms with van der Waals surface area (Å²) in [7, 11) is 1.63. The van der Waals surface area contributed by atoms with E-state index in [2.05, 4.69) is 6.92 Å². The third-order valence-corrected chi connectivity index (χ3v) is 4.34. The fourth-order valence-electron chi connectivity index (χ4n) is 2.86. The van der Waals surface area contributed by atoms with Gasteiger partial charge in [0, 0.05) is 5.69 Å². The average Bonchev–Trinajstić information content (AvgIpc) is 2.54. The first-order valence-electron chi connectivity index (χ1n) is 7.33. The standard InChI is InChI=1S/C18H20N2O2/c1-11-7-8-14(9-12(11)2)20-17(16(19)18(20)21)13-5-4-6-15(10-13)22-3/h4-10,16-17H,19H2,1-3H3/t16-,17+/m1/s1. The van der Waals surface area contributed by atoms with Gasteiger partial charge >= 0.3 is 0 Å². The predicted octanol–water partition coefficient (Wildman–Crippen LogP) is 2.73. The van der Waals surface area contributed by atoms with Gasteiger partial charge in [-0.05, 0) is 54.8 Å². The van der Waals surface area contributed by atoms with E-state index < -0.39 is 6.04 Å². The number of carbonyl (C=O) groups is 1. The zero-order chi connectivity index (χ0) is 15.9. The monoisotopic (exact) mass is 296 g/mol. The molecule has 114 valence electrons. The number of amides is 1. The molecule has 1 aliphatic rings. The van der Waals surface area contributed by atoms with Gasteiger partial charge in [0.05, 0.1) is 13.2 Å². The third-order valence-electron chi connectivity index (χ3n) is 4.34. The number of rotatable bonds is 3. The van der Waals surface area contributed by atoms with Crippen LogP contribution >= 0.6 is 0 Å². The van der Waals surface area contributed by atoms with Crippen LogP contribution in [-0.4, -0.2) is 19.1 Å². The Kier molecular flexibility index (Phi) is 3.62. The fourth-order valence-corrected chi connectivity index (χ4v) is 2.86. The van der Waals surface area contributed by atoms with Crippen molar-refractivity contribution in [2.45, 2.75) is 25.9 Å². The first-order chi connectivity index (χ1) is 10.5.